The minimum Gasteiger partial charge on any atom is -0.267 e. The Bertz CT molecular complexity index is 1420. The molecule has 4 rings (SSSR count). The third-order valence-electron chi connectivity index (χ3n) is 4.51. The van der Waals surface area contributed by atoms with Crippen molar-refractivity contribution < 1.29 is 14.1 Å². The van der Waals surface area contributed by atoms with Crippen molar-refractivity contribution in [3.05, 3.63) is 104 Å². The lowest BCUT2D eigenvalue weighted by Crippen LogP contribution is -2.35. The van der Waals surface area contributed by atoms with E-state index in [1.54, 1.807) is 24.3 Å². The highest BCUT2D eigenvalue weighted by molar-refractivity contribution is 6.34. The Morgan fingerprint density at radius 3 is 2.52 bits per heavy atom. The van der Waals surface area contributed by atoms with Crippen LogP contribution in [-0.4, -0.2) is 20.5 Å². The molecule has 0 aliphatic carbocycles. The predicted octanol–water partition coefficient (Wildman–Crippen LogP) is 4.15. The predicted molar refractivity (Wildman–Crippen MR) is 113 cm³/mol. The summed E-state index contributed by atoms with van der Waals surface area (Å²) in [6.07, 6.45) is 0. The second-order valence-electron chi connectivity index (χ2n) is 6.44. The maximum atomic E-state index is 14.5. The van der Waals surface area contributed by atoms with E-state index in [2.05, 4.69) is 10.4 Å². The van der Waals surface area contributed by atoms with E-state index < -0.39 is 22.2 Å². The standard InChI is InChI=1S/C21H12ClFN4O4/c22-16-11-12(27(30)31)9-10-13(16)20(28)25-26-19(14-5-1-3-7-17(14)23)24-18-8-4-2-6-15(18)21(26)29/h1-11H,(H,25,28). The van der Waals surface area contributed by atoms with Gasteiger partial charge in [0.05, 0.1) is 32.0 Å². The van der Waals surface area contributed by atoms with E-state index in [1.807, 2.05) is 0 Å². The number of amides is 1. The number of nitro groups is 1. The fourth-order valence-electron chi connectivity index (χ4n) is 3.02. The van der Waals surface area contributed by atoms with Crippen molar-refractivity contribution in [3.8, 4) is 11.4 Å². The van der Waals surface area contributed by atoms with Gasteiger partial charge in [0.1, 0.15) is 5.82 Å². The Morgan fingerprint density at radius 1 is 1.10 bits per heavy atom. The van der Waals surface area contributed by atoms with Gasteiger partial charge in [-0.25, -0.2) is 9.37 Å². The van der Waals surface area contributed by atoms with E-state index in [0.717, 1.165) is 22.9 Å². The first-order valence-corrected chi connectivity index (χ1v) is 9.26. The number of rotatable bonds is 4. The Morgan fingerprint density at radius 2 is 1.81 bits per heavy atom. The number of para-hydroxylation sites is 1. The van der Waals surface area contributed by atoms with Gasteiger partial charge in [-0.15, -0.1) is 0 Å². The first-order valence-electron chi connectivity index (χ1n) is 8.89. The summed E-state index contributed by atoms with van der Waals surface area (Å²) < 4.78 is 15.3. The van der Waals surface area contributed by atoms with Crippen molar-refractivity contribution in [1.29, 1.82) is 0 Å². The number of benzene rings is 3. The molecule has 0 atom stereocenters. The molecule has 0 saturated heterocycles. The molecule has 8 nitrogen and oxygen atoms in total. The molecule has 0 bridgehead atoms. The SMILES string of the molecule is O=C(Nn1c(-c2ccccc2F)nc2ccccc2c1=O)c1ccc([N+](=O)[O-])cc1Cl. The summed E-state index contributed by atoms with van der Waals surface area (Å²) in [6.45, 7) is 0. The summed E-state index contributed by atoms with van der Waals surface area (Å²) in [5.74, 6) is -1.58. The third kappa shape index (κ3) is 3.74. The van der Waals surface area contributed by atoms with Crippen LogP contribution < -0.4 is 11.0 Å². The van der Waals surface area contributed by atoms with Gasteiger partial charge in [0.2, 0.25) is 0 Å². The molecule has 0 radical (unpaired) electrons. The molecule has 1 amide bonds. The van der Waals surface area contributed by atoms with Crippen LogP contribution in [0.25, 0.3) is 22.3 Å². The van der Waals surface area contributed by atoms with Crippen LogP contribution in [0.3, 0.4) is 0 Å². The number of aromatic nitrogens is 2. The van der Waals surface area contributed by atoms with Crippen LogP contribution in [0.4, 0.5) is 10.1 Å². The largest absolute Gasteiger partial charge is 0.280 e. The molecule has 31 heavy (non-hydrogen) atoms. The fourth-order valence-corrected chi connectivity index (χ4v) is 3.28. The van der Waals surface area contributed by atoms with Crippen LogP contribution in [0.15, 0.2) is 71.5 Å². The summed E-state index contributed by atoms with van der Waals surface area (Å²) in [6, 6.07) is 15.4. The van der Waals surface area contributed by atoms with E-state index in [-0.39, 0.29) is 33.0 Å². The summed E-state index contributed by atoms with van der Waals surface area (Å²) in [7, 11) is 0. The highest BCUT2D eigenvalue weighted by Gasteiger charge is 2.20. The highest BCUT2D eigenvalue weighted by atomic mass is 35.5. The highest BCUT2D eigenvalue weighted by Crippen LogP contribution is 2.24. The number of carbonyl (C=O) groups excluding carboxylic acids is 1. The van der Waals surface area contributed by atoms with Crippen molar-refractivity contribution >= 4 is 34.1 Å². The Kier molecular flexibility index (Phi) is 5.18. The molecule has 0 saturated carbocycles. The molecule has 0 spiro atoms. The second kappa shape index (κ2) is 7.96. The number of fused-ring (bicyclic) bond motifs is 1. The van der Waals surface area contributed by atoms with Gasteiger partial charge in [-0.3, -0.25) is 25.1 Å². The van der Waals surface area contributed by atoms with Crippen LogP contribution in [0, 0.1) is 15.9 Å². The van der Waals surface area contributed by atoms with Gasteiger partial charge in [-0.05, 0) is 30.3 Å². The number of halogens is 2. The summed E-state index contributed by atoms with van der Waals surface area (Å²) in [4.78, 5) is 40.5. The van der Waals surface area contributed by atoms with Crippen LogP contribution in [0.5, 0.6) is 0 Å². The van der Waals surface area contributed by atoms with E-state index in [0.29, 0.717) is 5.52 Å². The Balaban J connectivity index is 1.87. The van der Waals surface area contributed by atoms with E-state index >= 15 is 0 Å². The normalized spacial score (nSPS) is 10.8. The molecular formula is C21H12ClFN4O4. The molecule has 3 aromatic carbocycles. The number of nitrogens with zero attached hydrogens (tertiary/aromatic N) is 3. The Hall–Kier alpha value is -4.11. The second-order valence-corrected chi connectivity index (χ2v) is 6.84. The van der Waals surface area contributed by atoms with Crippen molar-refractivity contribution in [2.75, 3.05) is 5.43 Å². The minimum absolute atomic E-state index is 0.000416. The quantitative estimate of drug-likeness (QED) is 0.380. The first-order chi connectivity index (χ1) is 14.9. The van der Waals surface area contributed by atoms with Gasteiger partial charge < -0.3 is 0 Å². The molecule has 4 aromatic rings. The molecule has 0 unspecified atom stereocenters. The molecule has 1 aromatic heterocycles. The van der Waals surface area contributed by atoms with Crippen LogP contribution in [0.1, 0.15) is 10.4 Å². The van der Waals surface area contributed by atoms with Crippen LogP contribution in [-0.2, 0) is 0 Å². The van der Waals surface area contributed by atoms with Crippen molar-refractivity contribution in [3.63, 3.8) is 0 Å². The van der Waals surface area contributed by atoms with E-state index in [4.69, 9.17) is 11.6 Å². The first kappa shape index (κ1) is 20.2. The molecule has 0 fully saturated rings. The number of nitro benzene ring substituents is 1. The lowest BCUT2D eigenvalue weighted by Gasteiger charge is -2.15. The number of hydrogen-bond acceptors (Lipinski definition) is 5. The minimum atomic E-state index is -0.823. The number of non-ortho nitro benzene ring substituents is 1. The zero-order valence-electron chi connectivity index (χ0n) is 15.6. The Labute approximate surface area is 178 Å². The average molecular weight is 439 g/mol. The van der Waals surface area contributed by atoms with Gasteiger partial charge in [-0.1, -0.05) is 35.9 Å². The topological polar surface area (TPSA) is 107 Å². The smallest absolute Gasteiger partial charge is 0.267 e. The number of hydrogen-bond donors (Lipinski definition) is 1. The third-order valence-corrected chi connectivity index (χ3v) is 4.82. The molecule has 0 aliphatic rings. The van der Waals surface area contributed by atoms with Gasteiger partial charge in [0.15, 0.2) is 5.82 Å². The summed E-state index contributed by atoms with van der Waals surface area (Å²) in [5.41, 5.74) is 1.68. The fraction of sp³-hybridized carbons (Fsp3) is 0. The van der Waals surface area contributed by atoms with Gasteiger partial charge in [0, 0.05) is 12.1 Å². The summed E-state index contributed by atoms with van der Waals surface area (Å²) >= 11 is 6.02. The van der Waals surface area contributed by atoms with Crippen molar-refractivity contribution in [2.45, 2.75) is 0 Å². The van der Waals surface area contributed by atoms with E-state index in [1.165, 1.54) is 24.3 Å². The summed E-state index contributed by atoms with van der Waals surface area (Å²) in [5, 5.41) is 10.9. The zero-order valence-corrected chi connectivity index (χ0v) is 16.3. The van der Waals surface area contributed by atoms with Gasteiger partial charge in [0.25, 0.3) is 17.2 Å². The average Bonchev–Trinajstić information content (AvgIpc) is 2.76. The van der Waals surface area contributed by atoms with Gasteiger partial charge in [-0.2, -0.15) is 4.68 Å². The molecule has 1 heterocycles. The molecule has 154 valence electrons. The van der Waals surface area contributed by atoms with Crippen LogP contribution in [0.2, 0.25) is 5.02 Å². The lowest BCUT2D eigenvalue weighted by molar-refractivity contribution is -0.384. The van der Waals surface area contributed by atoms with Gasteiger partial charge >= 0.3 is 0 Å². The monoisotopic (exact) mass is 438 g/mol. The molecule has 10 heteroatoms. The van der Waals surface area contributed by atoms with Crippen molar-refractivity contribution in [2.24, 2.45) is 0 Å². The van der Waals surface area contributed by atoms with Crippen LogP contribution >= 0.6 is 11.6 Å². The number of nitrogens with one attached hydrogen (secondary N) is 1. The van der Waals surface area contributed by atoms with Crippen molar-refractivity contribution in [1.82, 2.24) is 9.66 Å². The number of carbonyl (C=O) groups is 1. The molecule has 0 aliphatic heterocycles. The lowest BCUT2D eigenvalue weighted by atomic mass is 10.1. The maximum Gasteiger partial charge on any atom is 0.280 e. The zero-order chi connectivity index (χ0) is 22.1. The molecular weight excluding hydrogens is 427 g/mol. The van der Waals surface area contributed by atoms with E-state index in [9.17, 15) is 24.1 Å². The maximum absolute atomic E-state index is 14.5. The molecule has 1 N–H and O–H groups in total.